The summed E-state index contributed by atoms with van der Waals surface area (Å²) in [4.78, 5) is 13.7. The second-order valence-electron chi connectivity index (χ2n) is 13.4. The summed E-state index contributed by atoms with van der Waals surface area (Å²) in [7, 11) is 0. The molecular weight excluding hydrogens is 695 g/mol. The summed E-state index contributed by atoms with van der Waals surface area (Å²) in [6, 6.07) is 30.4. The molecule has 9 aromatic carbocycles. The van der Waals surface area contributed by atoms with E-state index in [1.807, 2.05) is 91.0 Å². The highest BCUT2D eigenvalue weighted by Crippen LogP contribution is 2.40. The largest absolute Gasteiger partial charge is 0.456 e. The molecule has 57 heavy (non-hydrogen) atoms. The molecule has 0 saturated carbocycles. The van der Waals surface area contributed by atoms with Gasteiger partial charge in [0, 0.05) is 27.5 Å². The first-order valence-electron chi connectivity index (χ1n) is 24.6. The van der Waals surface area contributed by atoms with Crippen LogP contribution in [0.4, 0.5) is 0 Å². The highest BCUT2D eigenvalue weighted by molar-refractivity contribution is 6.13. The van der Waals surface area contributed by atoms with E-state index < -0.39 is 59.9 Å². The van der Waals surface area contributed by atoms with E-state index in [4.69, 9.17) is 12.6 Å². The third-order valence-electron chi connectivity index (χ3n) is 9.94. The second-order valence-corrected chi connectivity index (χ2v) is 13.4. The van der Waals surface area contributed by atoms with E-state index in [0.29, 0.717) is 11.1 Å². The molecule has 0 bridgehead atoms. The Bertz CT molecular complexity index is 4010. The molecule has 11 aromatic rings. The lowest BCUT2D eigenvalue weighted by atomic mass is 9.95. The van der Waals surface area contributed by atoms with Gasteiger partial charge in [0.25, 0.3) is 0 Å². The summed E-state index contributed by atoms with van der Waals surface area (Å²) in [5, 5.41) is 4.16. The number of fused-ring (bicyclic) bond motifs is 6. The van der Waals surface area contributed by atoms with Gasteiger partial charge in [0.15, 0.2) is 17.5 Å². The first kappa shape index (κ1) is 22.0. The Kier molecular flexibility index (Phi) is 5.23. The summed E-state index contributed by atoms with van der Waals surface area (Å²) in [6.45, 7) is 0. The molecule has 0 aliphatic carbocycles. The predicted octanol–water partition coefficient (Wildman–Crippen LogP) is 14.1. The average Bonchev–Trinajstić information content (AvgIpc) is 3.75. The Hall–Kier alpha value is -7.69. The van der Waals surface area contributed by atoms with E-state index in [2.05, 4.69) is 15.0 Å². The molecule has 0 radical (unpaired) electrons. The van der Waals surface area contributed by atoms with Crippen molar-refractivity contribution < 1.29 is 22.2 Å². The molecular formula is C53H33N3O. The highest BCUT2D eigenvalue weighted by atomic mass is 16.3. The van der Waals surface area contributed by atoms with E-state index >= 15 is 0 Å². The summed E-state index contributed by atoms with van der Waals surface area (Å²) in [6.07, 6.45) is 0. The Balaban J connectivity index is 1.12. The molecule has 4 heteroatoms. The second kappa shape index (κ2) is 13.6. The number of aromatic nitrogens is 3. The number of furan rings is 1. The minimum Gasteiger partial charge on any atom is -0.456 e. The van der Waals surface area contributed by atoms with Crippen LogP contribution in [0.2, 0.25) is 0 Å². The number of hydrogen-bond donors (Lipinski definition) is 0. The number of benzene rings is 9. The number of hydrogen-bond acceptors (Lipinski definition) is 4. The third kappa shape index (κ3) is 5.92. The summed E-state index contributed by atoms with van der Waals surface area (Å²) in [5.74, 6) is -0.813. The first-order chi connectivity index (χ1) is 33.6. The van der Waals surface area contributed by atoms with Crippen LogP contribution in [0.15, 0.2) is 204 Å². The quantitative estimate of drug-likeness (QED) is 0.159. The van der Waals surface area contributed by atoms with Gasteiger partial charge >= 0.3 is 0 Å². The van der Waals surface area contributed by atoms with Crippen molar-refractivity contribution in [3.63, 3.8) is 0 Å². The monoisotopic (exact) mass is 740 g/mol. The summed E-state index contributed by atoms with van der Waals surface area (Å²) < 4.78 is 123. The topological polar surface area (TPSA) is 51.8 Å². The number of rotatable bonds is 6. The molecule has 0 saturated heterocycles. The van der Waals surface area contributed by atoms with Crippen molar-refractivity contribution in [1.82, 2.24) is 15.0 Å². The lowest BCUT2D eigenvalue weighted by Crippen LogP contribution is -2.00. The van der Waals surface area contributed by atoms with Crippen LogP contribution in [0.5, 0.6) is 0 Å². The van der Waals surface area contributed by atoms with Gasteiger partial charge in [-0.2, -0.15) is 0 Å². The summed E-state index contributed by atoms with van der Waals surface area (Å²) in [5.41, 5.74) is 1.60. The minimum absolute atomic E-state index is 0.000434. The predicted molar refractivity (Wildman–Crippen MR) is 235 cm³/mol. The lowest BCUT2D eigenvalue weighted by Gasteiger charge is -2.10. The zero-order valence-corrected chi connectivity index (χ0v) is 29.8. The molecule has 0 N–H and O–H groups in total. The van der Waals surface area contributed by atoms with Crippen molar-refractivity contribution in [2.24, 2.45) is 0 Å². The maximum Gasteiger partial charge on any atom is 0.164 e. The molecule has 0 unspecified atom stereocenters. The van der Waals surface area contributed by atoms with Gasteiger partial charge < -0.3 is 4.42 Å². The maximum absolute atomic E-state index is 9.48. The molecule has 11 rings (SSSR count). The SMILES string of the molecule is [2H]c1cc2c(oc3c([2H])cc([2H])c(-c4c([2H])c([2H])c(-c5nc(-c6cccc(-c7ccccc7)c6)nc(-c6c([2H])c([2H])c([2H])c([2H])c6[2H])n5)c([2H])c4[2H])c32)c([2H])c1-c1ccc2ccc3ccccc3c2c1. The first-order valence-corrected chi connectivity index (χ1v) is 18.1. The Labute approximate surface area is 347 Å². The van der Waals surface area contributed by atoms with E-state index in [1.54, 1.807) is 18.2 Å². The van der Waals surface area contributed by atoms with Crippen molar-refractivity contribution in [1.29, 1.82) is 0 Å². The van der Waals surface area contributed by atoms with Gasteiger partial charge in [-0.15, -0.1) is 0 Å². The Morgan fingerprint density at radius 3 is 1.84 bits per heavy atom. The zero-order chi connectivity index (χ0) is 49.0. The van der Waals surface area contributed by atoms with Crippen LogP contribution in [0.3, 0.4) is 0 Å². The van der Waals surface area contributed by atoms with Gasteiger partial charge in [-0.05, 0) is 85.2 Å². The molecule has 0 spiro atoms. The molecule has 0 fully saturated rings. The maximum atomic E-state index is 9.48. The zero-order valence-electron chi connectivity index (χ0n) is 42.8. The van der Waals surface area contributed by atoms with Gasteiger partial charge in [-0.1, -0.05) is 170 Å². The lowest BCUT2D eigenvalue weighted by molar-refractivity contribution is 0.669. The number of nitrogens with zero attached hydrogens (tertiary/aromatic N) is 3. The van der Waals surface area contributed by atoms with Crippen LogP contribution < -0.4 is 0 Å². The molecule has 2 heterocycles. The molecule has 0 aliphatic rings. The van der Waals surface area contributed by atoms with Gasteiger partial charge in [-0.3, -0.25) is 0 Å². The fraction of sp³-hybridized carbons (Fsp3) is 0. The molecule has 2 aromatic heterocycles. The van der Waals surface area contributed by atoms with Gasteiger partial charge in [0.1, 0.15) is 11.2 Å². The molecule has 4 nitrogen and oxygen atoms in total. The van der Waals surface area contributed by atoms with Crippen LogP contribution in [-0.2, 0) is 0 Å². The van der Waals surface area contributed by atoms with Gasteiger partial charge in [0.05, 0.1) is 17.8 Å². The molecule has 0 atom stereocenters. The van der Waals surface area contributed by atoms with Crippen molar-refractivity contribution in [2.75, 3.05) is 0 Å². The molecule has 266 valence electrons. The van der Waals surface area contributed by atoms with Crippen molar-refractivity contribution in [2.45, 2.75) is 0 Å². The standard InChI is InChI=1S/C53H33N3O/c1-3-11-34(12-4-1)40-16-9-17-43(31-40)53-55-51(38-14-5-2-6-15-38)54-52(56-53)39-26-23-36(24-27-39)45-19-10-20-48-50(45)46-30-29-42(33-49(46)57-48)41-28-25-37-22-21-35-13-7-8-18-44(35)47(37)32-41/h1-33H/i2D,5D,6D,14D,15D,19D,20D,23D,24D,26D,27D,29D,33D. The van der Waals surface area contributed by atoms with Crippen molar-refractivity contribution >= 4 is 43.5 Å². The van der Waals surface area contributed by atoms with Gasteiger partial charge in [-0.25, -0.2) is 15.0 Å². The van der Waals surface area contributed by atoms with Crippen LogP contribution in [-0.4, -0.2) is 15.0 Å². The smallest absolute Gasteiger partial charge is 0.164 e. The van der Waals surface area contributed by atoms with E-state index in [-0.39, 0.29) is 85.8 Å². The molecule has 0 aliphatic heterocycles. The third-order valence-corrected chi connectivity index (χ3v) is 9.94. The van der Waals surface area contributed by atoms with Crippen molar-refractivity contribution in [3.05, 3.63) is 200 Å². The fourth-order valence-corrected chi connectivity index (χ4v) is 7.18. The van der Waals surface area contributed by atoms with Crippen LogP contribution in [0, 0.1) is 0 Å². The Morgan fingerprint density at radius 2 is 1.02 bits per heavy atom. The Morgan fingerprint density at radius 1 is 0.368 bits per heavy atom. The molecule has 0 amide bonds. The van der Waals surface area contributed by atoms with Crippen molar-refractivity contribution in [3.8, 4) is 67.5 Å². The van der Waals surface area contributed by atoms with Crippen LogP contribution in [0.25, 0.3) is 111 Å². The van der Waals surface area contributed by atoms with Gasteiger partial charge in [0.2, 0.25) is 0 Å². The summed E-state index contributed by atoms with van der Waals surface area (Å²) >= 11 is 0. The van der Waals surface area contributed by atoms with E-state index in [1.165, 1.54) is 6.07 Å². The van der Waals surface area contributed by atoms with E-state index in [0.717, 1.165) is 38.7 Å². The van der Waals surface area contributed by atoms with Crippen LogP contribution in [0.1, 0.15) is 17.8 Å². The highest BCUT2D eigenvalue weighted by Gasteiger charge is 2.16. The fourth-order valence-electron chi connectivity index (χ4n) is 7.18. The van der Waals surface area contributed by atoms with E-state index in [9.17, 15) is 9.60 Å². The normalized spacial score (nSPS) is 14.7. The average molecular weight is 741 g/mol. The minimum atomic E-state index is -0.643. The van der Waals surface area contributed by atoms with Crippen LogP contribution >= 0.6 is 0 Å².